The maximum absolute atomic E-state index is 12.5. The van der Waals surface area contributed by atoms with Crippen molar-refractivity contribution in [2.45, 2.75) is 57.2 Å². The summed E-state index contributed by atoms with van der Waals surface area (Å²) in [5.41, 5.74) is -0.0468. The van der Waals surface area contributed by atoms with Gasteiger partial charge in [-0.15, -0.1) is 5.10 Å². The van der Waals surface area contributed by atoms with Gasteiger partial charge in [0.1, 0.15) is 11.6 Å². The molecule has 0 aliphatic carbocycles. The number of alkyl carbamates (subject to hydrolysis) is 1. The average Bonchev–Trinajstić information content (AvgIpc) is 3.01. The van der Waals surface area contributed by atoms with Crippen LogP contribution in [0.5, 0.6) is 0 Å². The van der Waals surface area contributed by atoms with Gasteiger partial charge in [0.2, 0.25) is 15.7 Å². The Morgan fingerprint density at radius 3 is 2.37 bits per heavy atom. The van der Waals surface area contributed by atoms with E-state index in [1.54, 1.807) is 51.1 Å². The lowest BCUT2D eigenvalue weighted by Gasteiger charge is -2.23. The summed E-state index contributed by atoms with van der Waals surface area (Å²) in [7, 11) is -3.79. The second-order valence-corrected chi connectivity index (χ2v) is 9.39. The minimum Gasteiger partial charge on any atom is -0.444 e. The molecule has 9 heteroatoms. The Bertz CT molecular complexity index is 870. The number of rotatable bonds is 6. The molecule has 0 spiro atoms. The first-order valence-corrected chi connectivity index (χ1v) is 10.2. The zero-order chi connectivity index (χ0) is 20.2. The van der Waals surface area contributed by atoms with Gasteiger partial charge in [0.15, 0.2) is 0 Å². The lowest BCUT2D eigenvalue weighted by atomic mass is 10.1. The van der Waals surface area contributed by atoms with Crippen LogP contribution in [0, 0.1) is 5.92 Å². The van der Waals surface area contributed by atoms with Gasteiger partial charge in [0, 0.05) is 0 Å². The van der Waals surface area contributed by atoms with Gasteiger partial charge in [-0.1, -0.05) is 49.3 Å². The highest BCUT2D eigenvalue weighted by molar-refractivity contribution is 7.90. The van der Waals surface area contributed by atoms with E-state index in [-0.39, 0.29) is 17.6 Å². The Morgan fingerprint density at radius 1 is 1.19 bits per heavy atom. The number of nitrogens with zero attached hydrogens (tertiary/aromatic N) is 2. The van der Waals surface area contributed by atoms with E-state index >= 15 is 0 Å². The van der Waals surface area contributed by atoms with Crippen LogP contribution in [0.2, 0.25) is 0 Å². The van der Waals surface area contributed by atoms with Crippen LogP contribution in [0.25, 0.3) is 0 Å². The number of amides is 1. The predicted molar refractivity (Wildman–Crippen MR) is 98.6 cm³/mol. The molecule has 2 aromatic rings. The first-order valence-electron chi connectivity index (χ1n) is 8.57. The highest BCUT2D eigenvalue weighted by Crippen LogP contribution is 2.24. The highest BCUT2D eigenvalue weighted by Gasteiger charge is 2.30. The molecule has 8 nitrogen and oxygen atoms in total. The van der Waals surface area contributed by atoms with Crippen molar-refractivity contribution < 1.29 is 22.4 Å². The SMILES string of the molecule is CC(C)[C@H](NC(=O)OC(C)(C)C)c1nnc(S(=O)(=O)Cc2ccccc2)o1. The largest absolute Gasteiger partial charge is 0.444 e. The standard InChI is InChI=1S/C18H25N3O5S/c1-12(2)14(19-16(22)26-18(3,4)5)15-20-21-17(25-15)27(23,24)11-13-9-7-6-8-10-13/h6-10,12,14H,11H2,1-5H3,(H,19,22)/t14-/m0/s1. The number of aromatic nitrogens is 2. The van der Waals surface area contributed by atoms with E-state index in [4.69, 9.17) is 9.15 Å². The molecule has 1 aromatic carbocycles. The van der Waals surface area contributed by atoms with Crippen molar-refractivity contribution in [3.63, 3.8) is 0 Å². The molecule has 148 valence electrons. The number of benzene rings is 1. The number of sulfone groups is 1. The number of carbonyl (C=O) groups excluding carboxylic acids is 1. The lowest BCUT2D eigenvalue weighted by molar-refractivity contribution is 0.0477. The number of carbonyl (C=O) groups is 1. The second kappa shape index (κ2) is 8.08. The maximum atomic E-state index is 12.5. The fourth-order valence-electron chi connectivity index (χ4n) is 2.28. The van der Waals surface area contributed by atoms with Crippen LogP contribution in [0.4, 0.5) is 4.79 Å². The van der Waals surface area contributed by atoms with Crippen LogP contribution in [-0.2, 0) is 20.3 Å². The molecule has 1 amide bonds. The van der Waals surface area contributed by atoms with Gasteiger partial charge in [0.05, 0.1) is 5.75 Å². The van der Waals surface area contributed by atoms with Crippen molar-refractivity contribution in [1.29, 1.82) is 0 Å². The molecule has 0 radical (unpaired) electrons. The molecule has 1 N–H and O–H groups in total. The Kier molecular flexibility index (Phi) is 6.25. The van der Waals surface area contributed by atoms with Crippen LogP contribution in [0.15, 0.2) is 40.0 Å². The number of nitrogens with one attached hydrogen (secondary N) is 1. The summed E-state index contributed by atoms with van der Waals surface area (Å²) in [5, 5.41) is 9.68. The van der Waals surface area contributed by atoms with E-state index in [0.29, 0.717) is 5.56 Å². The molecule has 0 aliphatic heterocycles. The monoisotopic (exact) mass is 395 g/mol. The predicted octanol–water partition coefficient (Wildman–Crippen LogP) is 3.27. The van der Waals surface area contributed by atoms with E-state index in [9.17, 15) is 13.2 Å². The van der Waals surface area contributed by atoms with Gasteiger partial charge in [-0.3, -0.25) is 0 Å². The van der Waals surface area contributed by atoms with Gasteiger partial charge in [-0.2, -0.15) is 0 Å². The molecule has 0 saturated carbocycles. The first kappa shape index (κ1) is 20.9. The molecule has 0 unspecified atom stereocenters. The van der Waals surface area contributed by atoms with Crippen LogP contribution in [0.1, 0.15) is 52.1 Å². The third-order valence-corrected chi connectivity index (χ3v) is 4.90. The number of ether oxygens (including phenoxy) is 1. The molecular weight excluding hydrogens is 370 g/mol. The minimum absolute atomic E-state index is 0.0162. The van der Waals surface area contributed by atoms with Crippen molar-refractivity contribution in [2.24, 2.45) is 5.92 Å². The minimum atomic E-state index is -3.79. The molecule has 0 aliphatic rings. The zero-order valence-corrected chi connectivity index (χ0v) is 16.9. The Morgan fingerprint density at radius 2 is 1.81 bits per heavy atom. The Labute approximate surface area is 159 Å². The third kappa shape index (κ3) is 6.06. The Hall–Kier alpha value is -2.42. The van der Waals surface area contributed by atoms with Gasteiger partial charge in [-0.25, -0.2) is 13.2 Å². The topological polar surface area (TPSA) is 111 Å². The summed E-state index contributed by atoms with van der Waals surface area (Å²) in [6, 6.07) is 8.04. The maximum Gasteiger partial charge on any atom is 0.408 e. The summed E-state index contributed by atoms with van der Waals surface area (Å²) in [6.45, 7) is 8.92. The quantitative estimate of drug-likeness (QED) is 0.799. The van der Waals surface area contributed by atoms with Crippen molar-refractivity contribution in [2.75, 3.05) is 0 Å². The molecular formula is C18H25N3O5S. The van der Waals surface area contributed by atoms with Crippen LogP contribution in [0.3, 0.4) is 0 Å². The van der Waals surface area contributed by atoms with Gasteiger partial charge < -0.3 is 14.5 Å². The zero-order valence-electron chi connectivity index (χ0n) is 16.1. The average molecular weight is 395 g/mol. The van der Waals surface area contributed by atoms with E-state index < -0.39 is 32.8 Å². The number of hydrogen-bond acceptors (Lipinski definition) is 7. The molecule has 1 heterocycles. The Balaban J connectivity index is 2.18. The molecule has 0 saturated heterocycles. The molecule has 2 rings (SSSR count). The first-order chi connectivity index (χ1) is 12.5. The molecule has 27 heavy (non-hydrogen) atoms. The van der Waals surface area contributed by atoms with Crippen LogP contribution < -0.4 is 5.32 Å². The lowest BCUT2D eigenvalue weighted by Crippen LogP contribution is -2.37. The smallest absolute Gasteiger partial charge is 0.408 e. The van der Waals surface area contributed by atoms with E-state index in [1.165, 1.54) is 0 Å². The highest BCUT2D eigenvalue weighted by atomic mass is 32.2. The van der Waals surface area contributed by atoms with Crippen LogP contribution >= 0.6 is 0 Å². The second-order valence-electron chi connectivity index (χ2n) is 7.52. The van der Waals surface area contributed by atoms with E-state index in [1.807, 2.05) is 13.8 Å². The fourth-order valence-corrected chi connectivity index (χ4v) is 3.41. The normalized spacial score (nSPS) is 13.4. The number of hydrogen-bond donors (Lipinski definition) is 1. The van der Waals surface area contributed by atoms with Gasteiger partial charge >= 0.3 is 11.3 Å². The molecule has 0 bridgehead atoms. The van der Waals surface area contributed by atoms with Gasteiger partial charge in [0.25, 0.3) is 0 Å². The fraction of sp³-hybridized carbons (Fsp3) is 0.500. The summed E-state index contributed by atoms with van der Waals surface area (Å²) < 4.78 is 35.6. The van der Waals surface area contributed by atoms with E-state index in [0.717, 1.165) is 0 Å². The third-order valence-electron chi connectivity index (χ3n) is 3.49. The summed E-state index contributed by atoms with van der Waals surface area (Å²) in [5.74, 6) is -0.355. The van der Waals surface area contributed by atoms with Crippen molar-refractivity contribution >= 4 is 15.9 Å². The summed E-state index contributed by atoms with van der Waals surface area (Å²) in [4.78, 5) is 12.1. The van der Waals surface area contributed by atoms with Crippen LogP contribution in [-0.4, -0.2) is 30.3 Å². The molecule has 1 aromatic heterocycles. The summed E-state index contributed by atoms with van der Waals surface area (Å²) in [6.07, 6.45) is -0.645. The van der Waals surface area contributed by atoms with E-state index in [2.05, 4.69) is 15.5 Å². The van der Waals surface area contributed by atoms with Crippen molar-refractivity contribution in [3.05, 3.63) is 41.8 Å². The van der Waals surface area contributed by atoms with Crippen molar-refractivity contribution in [3.8, 4) is 0 Å². The molecule has 1 atom stereocenters. The van der Waals surface area contributed by atoms with Gasteiger partial charge in [-0.05, 0) is 32.3 Å². The molecule has 0 fully saturated rings. The summed E-state index contributed by atoms with van der Waals surface area (Å²) >= 11 is 0. The van der Waals surface area contributed by atoms with Crippen molar-refractivity contribution in [1.82, 2.24) is 15.5 Å².